The number of carbonyl (C=O) groups excluding carboxylic acids is 1. The summed E-state index contributed by atoms with van der Waals surface area (Å²) >= 11 is 0. The number of rotatable bonds is 3. The molecule has 0 spiro atoms. The van der Waals surface area contributed by atoms with E-state index in [-0.39, 0.29) is 17.0 Å². The van der Waals surface area contributed by atoms with E-state index in [2.05, 4.69) is 5.32 Å². The number of carbonyl (C=O) groups is 2. The van der Waals surface area contributed by atoms with Gasteiger partial charge in [0, 0.05) is 36.3 Å². The third-order valence-corrected chi connectivity index (χ3v) is 5.84. The van der Waals surface area contributed by atoms with Gasteiger partial charge in [0.2, 0.25) is 0 Å². The van der Waals surface area contributed by atoms with E-state index in [0.717, 1.165) is 30.3 Å². The van der Waals surface area contributed by atoms with Gasteiger partial charge in [-0.3, -0.25) is 4.79 Å². The number of amides is 1. The highest BCUT2D eigenvalue weighted by Gasteiger charge is 2.38. The van der Waals surface area contributed by atoms with Gasteiger partial charge in [-0.25, -0.2) is 9.18 Å². The average molecular weight is 390 g/mol. The molecule has 3 aliphatic rings. The first-order valence-corrected chi connectivity index (χ1v) is 9.61. The number of aromatic carboxylic acids is 1. The zero-order valence-electron chi connectivity index (χ0n) is 15.6. The van der Waals surface area contributed by atoms with Gasteiger partial charge in [-0.1, -0.05) is 30.3 Å². The molecule has 29 heavy (non-hydrogen) atoms. The quantitative estimate of drug-likeness (QED) is 0.718. The summed E-state index contributed by atoms with van der Waals surface area (Å²) in [6, 6.07) is 16.1. The van der Waals surface area contributed by atoms with Crippen LogP contribution in [0.2, 0.25) is 0 Å². The second-order valence-corrected chi connectivity index (χ2v) is 7.76. The minimum absolute atomic E-state index is 0.0346. The van der Waals surface area contributed by atoms with E-state index in [9.17, 15) is 14.0 Å². The number of piperidine rings is 1. The van der Waals surface area contributed by atoms with Crippen molar-refractivity contribution in [3.8, 4) is 11.1 Å². The van der Waals surface area contributed by atoms with Gasteiger partial charge < -0.3 is 15.3 Å². The van der Waals surface area contributed by atoms with Crippen LogP contribution in [0.25, 0.3) is 21.9 Å². The number of piperazine rings is 1. The Morgan fingerprint density at radius 3 is 2.41 bits per heavy atom. The minimum Gasteiger partial charge on any atom is -0.478 e. The first-order chi connectivity index (χ1) is 14.0. The monoisotopic (exact) mass is 390 g/mol. The maximum absolute atomic E-state index is 14.6. The molecule has 2 atom stereocenters. The number of hydrogen-bond donors (Lipinski definition) is 2. The number of benzene rings is 3. The molecule has 2 unspecified atom stereocenters. The Morgan fingerprint density at radius 1 is 1.00 bits per heavy atom. The summed E-state index contributed by atoms with van der Waals surface area (Å²) in [4.78, 5) is 25.9. The molecule has 1 amide bonds. The van der Waals surface area contributed by atoms with Crippen LogP contribution in [-0.4, -0.2) is 47.1 Å². The van der Waals surface area contributed by atoms with Crippen molar-refractivity contribution in [1.82, 2.24) is 10.2 Å². The van der Waals surface area contributed by atoms with Gasteiger partial charge in [-0.05, 0) is 47.0 Å². The second kappa shape index (κ2) is 6.67. The van der Waals surface area contributed by atoms with Crippen molar-refractivity contribution in [3.05, 3.63) is 71.5 Å². The standard InChI is InChI=1S/C23H19FN2O3/c24-21-19(2-1-3-20(21)23(28)29)15-6-4-14-9-16(7-5-13(14)8-15)22(27)26-11-17-10-18(12-26)25-17/h1-9,17-18,25H,10-12H2,(H,28,29). The van der Waals surface area contributed by atoms with Gasteiger partial charge in [0.1, 0.15) is 5.82 Å². The lowest BCUT2D eigenvalue weighted by Crippen LogP contribution is -2.67. The van der Waals surface area contributed by atoms with E-state index >= 15 is 0 Å². The van der Waals surface area contributed by atoms with Gasteiger partial charge in [-0.15, -0.1) is 0 Å². The molecule has 5 nitrogen and oxygen atoms in total. The molecule has 2 N–H and O–H groups in total. The maximum Gasteiger partial charge on any atom is 0.338 e. The zero-order chi connectivity index (χ0) is 20.1. The van der Waals surface area contributed by atoms with Crippen molar-refractivity contribution < 1.29 is 19.1 Å². The third-order valence-electron chi connectivity index (χ3n) is 5.84. The van der Waals surface area contributed by atoms with Gasteiger partial charge in [0.25, 0.3) is 5.91 Å². The summed E-state index contributed by atoms with van der Waals surface area (Å²) in [6.45, 7) is 1.48. The van der Waals surface area contributed by atoms with E-state index in [0.29, 0.717) is 23.2 Å². The Labute approximate surface area is 166 Å². The average Bonchev–Trinajstić information content (AvgIpc) is 2.72. The van der Waals surface area contributed by atoms with E-state index in [1.54, 1.807) is 18.2 Å². The SMILES string of the molecule is O=C(O)c1cccc(-c2ccc3cc(C(=O)N4CC5CC(C4)N5)ccc3c2)c1F. The highest BCUT2D eigenvalue weighted by molar-refractivity contribution is 5.99. The van der Waals surface area contributed by atoms with E-state index in [4.69, 9.17) is 5.11 Å². The zero-order valence-corrected chi connectivity index (χ0v) is 15.6. The van der Waals surface area contributed by atoms with Crippen LogP contribution in [0.4, 0.5) is 4.39 Å². The molecule has 3 aromatic rings. The van der Waals surface area contributed by atoms with Crippen molar-refractivity contribution in [2.75, 3.05) is 13.1 Å². The van der Waals surface area contributed by atoms with Gasteiger partial charge in [-0.2, -0.15) is 0 Å². The van der Waals surface area contributed by atoms with E-state index < -0.39 is 11.8 Å². The van der Waals surface area contributed by atoms with Gasteiger partial charge >= 0.3 is 5.97 Å². The molecular formula is C23H19FN2O3. The highest BCUT2D eigenvalue weighted by Crippen LogP contribution is 2.29. The summed E-state index contributed by atoms with van der Waals surface area (Å²) in [6.07, 6.45) is 1.14. The number of nitrogens with one attached hydrogen (secondary N) is 1. The lowest BCUT2D eigenvalue weighted by Gasteiger charge is -2.48. The molecule has 3 saturated heterocycles. The molecule has 3 aromatic carbocycles. The summed E-state index contributed by atoms with van der Waals surface area (Å²) in [5, 5.41) is 14.3. The van der Waals surface area contributed by atoms with Crippen molar-refractivity contribution in [3.63, 3.8) is 0 Å². The van der Waals surface area contributed by atoms with Gasteiger partial charge in [0.05, 0.1) is 5.56 Å². The molecule has 2 bridgehead atoms. The molecule has 6 rings (SSSR count). The lowest BCUT2D eigenvalue weighted by atomic mass is 9.91. The minimum atomic E-state index is -1.29. The van der Waals surface area contributed by atoms with Crippen LogP contribution in [0, 0.1) is 5.82 Å². The van der Waals surface area contributed by atoms with Crippen LogP contribution in [0.3, 0.4) is 0 Å². The topological polar surface area (TPSA) is 69.6 Å². The Kier molecular flexibility index (Phi) is 4.10. The maximum atomic E-state index is 14.6. The Hall–Kier alpha value is -3.25. The van der Waals surface area contributed by atoms with Crippen LogP contribution < -0.4 is 5.32 Å². The van der Waals surface area contributed by atoms with Gasteiger partial charge in [0.15, 0.2) is 0 Å². The van der Waals surface area contributed by atoms with E-state index in [1.165, 1.54) is 12.1 Å². The fourth-order valence-electron chi connectivity index (χ4n) is 4.33. The van der Waals surface area contributed by atoms with E-state index in [1.807, 2.05) is 29.2 Å². The van der Waals surface area contributed by atoms with Crippen molar-refractivity contribution in [2.24, 2.45) is 0 Å². The van der Waals surface area contributed by atoms with Crippen LogP contribution in [0.1, 0.15) is 27.1 Å². The van der Waals surface area contributed by atoms with Crippen molar-refractivity contribution in [1.29, 1.82) is 0 Å². The molecule has 6 heteroatoms. The number of fused-ring (bicyclic) bond motifs is 3. The molecule has 146 valence electrons. The fourth-order valence-corrected chi connectivity index (χ4v) is 4.33. The first kappa shape index (κ1) is 17.8. The fraction of sp³-hybridized carbons (Fsp3) is 0.217. The molecule has 3 heterocycles. The predicted molar refractivity (Wildman–Crippen MR) is 108 cm³/mol. The Balaban J connectivity index is 1.46. The number of carboxylic acid groups (broad SMARTS) is 1. The summed E-state index contributed by atoms with van der Waals surface area (Å²) in [5.41, 5.74) is 1.13. The molecule has 0 aromatic heterocycles. The molecule has 0 radical (unpaired) electrons. The summed E-state index contributed by atoms with van der Waals surface area (Å²) in [5.74, 6) is -2.00. The van der Waals surface area contributed by atoms with Crippen LogP contribution in [-0.2, 0) is 0 Å². The van der Waals surface area contributed by atoms with Crippen molar-refractivity contribution >= 4 is 22.6 Å². The summed E-state index contributed by atoms with van der Waals surface area (Å²) in [7, 11) is 0. The first-order valence-electron chi connectivity index (χ1n) is 9.61. The number of nitrogens with zero attached hydrogens (tertiary/aromatic N) is 1. The highest BCUT2D eigenvalue weighted by atomic mass is 19.1. The predicted octanol–water partition coefficient (Wildman–Crippen LogP) is 3.53. The number of carboxylic acids is 1. The number of halogens is 1. The van der Waals surface area contributed by atoms with Crippen LogP contribution >= 0.6 is 0 Å². The smallest absolute Gasteiger partial charge is 0.338 e. The normalized spacial score (nSPS) is 20.4. The molecule has 3 aliphatic heterocycles. The molecule has 0 saturated carbocycles. The lowest BCUT2D eigenvalue weighted by molar-refractivity contribution is 0.0474. The van der Waals surface area contributed by atoms with Crippen LogP contribution in [0.15, 0.2) is 54.6 Å². The largest absolute Gasteiger partial charge is 0.478 e. The molecular weight excluding hydrogens is 371 g/mol. The second-order valence-electron chi connectivity index (χ2n) is 7.76. The Morgan fingerprint density at radius 2 is 1.69 bits per heavy atom. The molecule has 0 aliphatic carbocycles. The summed E-state index contributed by atoms with van der Waals surface area (Å²) < 4.78 is 14.6. The third kappa shape index (κ3) is 3.06. The Bertz CT molecular complexity index is 1140. The van der Waals surface area contributed by atoms with Crippen LogP contribution in [0.5, 0.6) is 0 Å². The van der Waals surface area contributed by atoms with Crippen molar-refractivity contribution in [2.45, 2.75) is 18.5 Å². The number of hydrogen-bond acceptors (Lipinski definition) is 3. The molecule has 3 fully saturated rings.